The van der Waals surface area contributed by atoms with Crippen LogP contribution in [0, 0.1) is 5.82 Å². The maximum absolute atomic E-state index is 13.1. The highest BCUT2D eigenvalue weighted by Gasteiger charge is 2.33. The summed E-state index contributed by atoms with van der Waals surface area (Å²) in [7, 11) is 0. The predicted octanol–water partition coefficient (Wildman–Crippen LogP) is 5.76. The van der Waals surface area contributed by atoms with Gasteiger partial charge in [-0.1, -0.05) is 23.2 Å². The van der Waals surface area contributed by atoms with Gasteiger partial charge in [-0.15, -0.1) is 0 Å². The molecule has 0 atom stereocenters. The summed E-state index contributed by atoms with van der Waals surface area (Å²) < 4.78 is 51.3. The third-order valence-electron chi connectivity index (χ3n) is 2.69. The SMILES string of the molecule is Fc1cc(Cl)cc(CNc2ccc(Cl)c(C(F)(F)F)c2)c1. The minimum Gasteiger partial charge on any atom is -0.381 e. The molecular formula is C14H9Cl2F4N. The summed E-state index contributed by atoms with van der Waals surface area (Å²) in [5, 5.41) is 2.62. The average Bonchev–Trinajstić information content (AvgIpc) is 2.35. The minimum atomic E-state index is -4.53. The van der Waals surface area contributed by atoms with Crippen LogP contribution in [0.1, 0.15) is 11.1 Å². The normalized spacial score (nSPS) is 11.5. The maximum atomic E-state index is 13.1. The fourth-order valence-electron chi connectivity index (χ4n) is 1.77. The van der Waals surface area contributed by atoms with Crippen molar-refractivity contribution in [1.29, 1.82) is 0 Å². The molecule has 0 aliphatic rings. The summed E-state index contributed by atoms with van der Waals surface area (Å²) in [6.45, 7) is 0.135. The highest BCUT2D eigenvalue weighted by Crippen LogP contribution is 2.36. The van der Waals surface area contributed by atoms with Crippen LogP contribution < -0.4 is 5.32 Å². The second-order valence-electron chi connectivity index (χ2n) is 4.32. The van der Waals surface area contributed by atoms with E-state index in [9.17, 15) is 17.6 Å². The monoisotopic (exact) mass is 337 g/mol. The first-order valence-corrected chi connectivity index (χ1v) is 6.57. The number of hydrogen-bond acceptors (Lipinski definition) is 1. The number of hydrogen-bond donors (Lipinski definition) is 1. The smallest absolute Gasteiger partial charge is 0.381 e. The Morgan fingerprint density at radius 2 is 1.71 bits per heavy atom. The lowest BCUT2D eigenvalue weighted by Gasteiger charge is -2.12. The summed E-state index contributed by atoms with van der Waals surface area (Å²) in [5.74, 6) is -0.508. The van der Waals surface area contributed by atoms with E-state index < -0.39 is 17.6 Å². The Labute approximate surface area is 128 Å². The number of benzene rings is 2. The minimum absolute atomic E-state index is 0.135. The van der Waals surface area contributed by atoms with E-state index in [-0.39, 0.29) is 22.3 Å². The number of halogens is 6. The van der Waals surface area contributed by atoms with Gasteiger partial charge in [-0.2, -0.15) is 13.2 Å². The van der Waals surface area contributed by atoms with Crippen molar-refractivity contribution in [2.24, 2.45) is 0 Å². The van der Waals surface area contributed by atoms with E-state index in [0.29, 0.717) is 5.56 Å². The van der Waals surface area contributed by atoms with Crippen molar-refractivity contribution in [2.45, 2.75) is 12.7 Å². The quantitative estimate of drug-likeness (QED) is 0.701. The lowest BCUT2D eigenvalue weighted by molar-refractivity contribution is -0.137. The van der Waals surface area contributed by atoms with Crippen LogP contribution in [-0.2, 0) is 12.7 Å². The van der Waals surface area contributed by atoms with Crippen LogP contribution >= 0.6 is 23.2 Å². The molecular weight excluding hydrogens is 329 g/mol. The lowest BCUT2D eigenvalue weighted by Crippen LogP contribution is -2.07. The molecule has 0 unspecified atom stereocenters. The molecule has 0 radical (unpaired) electrons. The fraction of sp³-hybridized carbons (Fsp3) is 0.143. The molecule has 21 heavy (non-hydrogen) atoms. The Morgan fingerprint density at radius 1 is 1.00 bits per heavy atom. The highest BCUT2D eigenvalue weighted by molar-refractivity contribution is 6.31. The van der Waals surface area contributed by atoms with Gasteiger partial charge in [0.25, 0.3) is 0 Å². The van der Waals surface area contributed by atoms with Crippen LogP contribution in [0.4, 0.5) is 23.2 Å². The Hall–Kier alpha value is -1.46. The van der Waals surface area contributed by atoms with Crippen LogP contribution in [0.3, 0.4) is 0 Å². The van der Waals surface area contributed by atoms with Gasteiger partial charge in [0.15, 0.2) is 0 Å². The lowest BCUT2D eigenvalue weighted by atomic mass is 10.1. The Morgan fingerprint density at radius 3 is 2.33 bits per heavy atom. The van der Waals surface area contributed by atoms with E-state index in [0.717, 1.165) is 18.2 Å². The molecule has 112 valence electrons. The Balaban J connectivity index is 2.17. The Kier molecular flexibility index (Phi) is 4.64. The first kappa shape index (κ1) is 15.9. The first-order valence-electron chi connectivity index (χ1n) is 5.81. The molecule has 0 bridgehead atoms. The fourth-order valence-corrected chi connectivity index (χ4v) is 2.24. The van der Waals surface area contributed by atoms with Crippen molar-refractivity contribution in [3.63, 3.8) is 0 Å². The third kappa shape index (κ3) is 4.25. The van der Waals surface area contributed by atoms with Crippen LogP contribution in [0.5, 0.6) is 0 Å². The van der Waals surface area contributed by atoms with E-state index in [1.165, 1.54) is 18.2 Å². The molecule has 2 aromatic rings. The molecule has 0 heterocycles. The van der Waals surface area contributed by atoms with Gasteiger partial charge in [0.1, 0.15) is 5.82 Å². The standard InChI is InChI=1S/C14H9Cl2F4N/c15-9-3-8(4-10(17)5-9)7-21-11-1-2-13(16)12(6-11)14(18,19)20/h1-6,21H,7H2. The molecule has 0 spiro atoms. The van der Waals surface area contributed by atoms with Crippen molar-refractivity contribution in [3.8, 4) is 0 Å². The molecule has 7 heteroatoms. The second-order valence-corrected chi connectivity index (χ2v) is 5.17. The Bertz CT molecular complexity index is 636. The molecule has 0 saturated carbocycles. The molecule has 0 aromatic heterocycles. The summed E-state index contributed by atoms with van der Waals surface area (Å²) in [6, 6.07) is 7.40. The van der Waals surface area contributed by atoms with E-state index in [1.54, 1.807) is 0 Å². The van der Waals surface area contributed by atoms with E-state index >= 15 is 0 Å². The highest BCUT2D eigenvalue weighted by atomic mass is 35.5. The second kappa shape index (κ2) is 6.12. The molecule has 0 saturated heterocycles. The van der Waals surface area contributed by atoms with Crippen LogP contribution in [0.25, 0.3) is 0 Å². The number of nitrogens with one attached hydrogen (secondary N) is 1. The van der Waals surface area contributed by atoms with E-state index in [1.807, 2.05) is 0 Å². The van der Waals surface area contributed by atoms with Crippen LogP contribution in [-0.4, -0.2) is 0 Å². The molecule has 1 N–H and O–H groups in total. The molecule has 1 nitrogen and oxygen atoms in total. The van der Waals surface area contributed by atoms with Crippen molar-refractivity contribution in [2.75, 3.05) is 5.32 Å². The van der Waals surface area contributed by atoms with Gasteiger partial charge in [-0.3, -0.25) is 0 Å². The first-order chi connectivity index (χ1) is 9.75. The molecule has 0 amide bonds. The number of anilines is 1. The maximum Gasteiger partial charge on any atom is 0.417 e. The van der Waals surface area contributed by atoms with Gasteiger partial charge in [-0.05, 0) is 42.0 Å². The van der Waals surface area contributed by atoms with Gasteiger partial charge < -0.3 is 5.32 Å². The van der Waals surface area contributed by atoms with Crippen molar-refractivity contribution < 1.29 is 17.6 Å². The number of alkyl halides is 3. The van der Waals surface area contributed by atoms with Gasteiger partial charge in [-0.25, -0.2) is 4.39 Å². The van der Waals surface area contributed by atoms with Crippen LogP contribution in [0.2, 0.25) is 10.0 Å². The predicted molar refractivity (Wildman–Crippen MR) is 75.2 cm³/mol. The zero-order chi connectivity index (χ0) is 15.6. The zero-order valence-corrected chi connectivity index (χ0v) is 12.0. The number of rotatable bonds is 3. The average molecular weight is 338 g/mol. The van der Waals surface area contributed by atoms with Crippen molar-refractivity contribution >= 4 is 28.9 Å². The van der Waals surface area contributed by atoms with Crippen molar-refractivity contribution in [3.05, 3.63) is 63.4 Å². The largest absolute Gasteiger partial charge is 0.417 e. The van der Waals surface area contributed by atoms with E-state index in [2.05, 4.69) is 5.32 Å². The van der Waals surface area contributed by atoms with Crippen molar-refractivity contribution in [1.82, 2.24) is 0 Å². The molecule has 0 aliphatic carbocycles. The van der Waals surface area contributed by atoms with Gasteiger partial charge in [0.2, 0.25) is 0 Å². The molecule has 0 aliphatic heterocycles. The third-order valence-corrected chi connectivity index (χ3v) is 3.24. The summed E-state index contributed by atoms with van der Waals surface area (Å²) in [4.78, 5) is 0. The topological polar surface area (TPSA) is 12.0 Å². The van der Waals surface area contributed by atoms with E-state index in [4.69, 9.17) is 23.2 Å². The summed E-state index contributed by atoms with van der Waals surface area (Å²) in [5.41, 5.74) is -0.179. The summed E-state index contributed by atoms with van der Waals surface area (Å²) in [6.07, 6.45) is -4.53. The van der Waals surface area contributed by atoms with Gasteiger partial charge in [0, 0.05) is 17.3 Å². The van der Waals surface area contributed by atoms with Gasteiger partial charge >= 0.3 is 6.18 Å². The molecule has 2 aromatic carbocycles. The van der Waals surface area contributed by atoms with Gasteiger partial charge in [0.05, 0.1) is 10.6 Å². The zero-order valence-electron chi connectivity index (χ0n) is 10.4. The van der Waals surface area contributed by atoms with Crippen LogP contribution in [0.15, 0.2) is 36.4 Å². The summed E-state index contributed by atoms with van der Waals surface area (Å²) >= 11 is 11.2. The molecule has 2 rings (SSSR count). The molecule has 0 fully saturated rings.